The van der Waals surface area contributed by atoms with Crippen LogP contribution >= 0.6 is 11.6 Å². The molecule has 0 saturated heterocycles. The van der Waals surface area contributed by atoms with Crippen LogP contribution < -0.4 is 20.9 Å². The zero-order valence-electron chi connectivity index (χ0n) is 16.5. The van der Waals surface area contributed by atoms with Crippen LogP contribution in [0.3, 0.4) is 0 Å². The highest BCUT2D eigenvalue weighted by molar-refractivity contribution is 6.31. The minimum absolute atomic E-state index is 0.159. The molecule has 1 heterocycles. The molecule has 2 amide bonds. The van der Waals surface area contributed by atoms with Crippen LogP contribution in [0.25, 0.3) is 0 Å². The Bertz CT molecular complexity index is 820. The molecule has 1 aliphatic carbocycles. The van der Waals surface area contributed by atoms with Gasteiger partial charge in [-0.25, -0.2) is 9.78 Å². The Labute approximate surface area is 170 Å². The number of anilines is 3. The summed E-state index contributed by atoms with van der Waals surface area (Å²) in [5.74, 6) is 1.53. The second-order valence-electron chi connectivity index (χ2n) is 7.34. The highest BCUT2D eigenvalue weighted by atomic mass is 35.5. The summed E-state index contributed by atoms with van der Waals surface area (Å²) in [7, 11) is 3.91. The Hall–Kier alpha value is -2.54. The first-order valence-corrected chi connectivity index (χ1v) is 9.89. The predicted molar refractivity (Wildman–Crippen MR) is 114 cm³/mol. The van der Waals surface area contributed by atoms with E-state index in [2.05, 4.69) is 25.9 Å². The van der Waals surface area contributed by atoms with Crippen LogP contribution in [0.15, 0.2) is 30.5 Å². The summed E-state index contributed by atoms with van der Waals surface area (Å²) >= 11 is 6.11. The van der Waals surface area contributed by atoms with E-state index in [0.717, 1.165) is 42.8 Å². The lowest BCUT2D eigenvalue weighted by atomic mass is 9.91. The van der Waals surface area contributed by atoms with Crippen LogP contribution in [0.5, 0.6) is 0 Å². The molecule has 0 unspecified atom stereocenters. The van der Waals surface area contributed by atoms with E-state index in [9.17, 15) is 4.79 Å². The molecular weight excluding hydrogens is 376 g/mol. The van der Waals surface area contributed by atoms with Crippen molar-refractivity contribution in [1.82, 2.24) is 15.3 Å². The van der Waals surface area contributed by atoms with Gasteiger partial charge in [-0.15, -0.1) is 0 Å². The van der Waals surface area contributed by atoms with Crippen LogP contribution in [-0.4, -0.2) is 42.2 Å². The molecule has 1 aliphatic rings. The van der Waals surface area contributed by atoms with E-state index in [0.29, 0.717) is 17.0 Å². The lowest BCUT2D eigenvalue weighted by molar-refractivity contribution is 0.243. The fourth-order valence-electron chi connectivity index (χ4n) is 3.32. The summed E-state index contributed by atoms with van der Waals surface area (Å²) in [5.41, 5.74) is 1.60. The molecule has 8 heteroatoms. The number of hydrogen-bond donors (Lipinski definition) is 3. The fraction of sp³-hybridized carbons (Fsp3) is 0.450. The van der Waals surface area contributed by atoms with Crippen molar-refractivity contribution in [2.45, 2.75) is 44.7 Å². The average molecular weight is 403 g/mol. The SMILES string of the molecule is Cc1c(Cl)cccc1NC(=O)N[C@H]1CC[C@@H](Nc2nccc(N(C)C)n2)CC1. The van der Waals surface area contributed by atoms with Gasteiger partial charge in [0, 0.05) is 43.1 Å². The summed E-state index contributed by atoms with van der Waals surface area (Å²) < 4.78 is 0. The standard InChI is InChI=1S/C20H27ClN6O/c1-13-16(21)5-4-6-17(13)25-20(28)24-15-9-7-14(8-10-15)23-19-22-12-11-18(26-19)27(2)3/h4-6,11-12,14-15H,7-10H2,1-3H3,(H,22,23,26)(H2,24,25,28)/t14-,15+. The van der Waals surface area contributed by atoms with E-state index in [-0.39, 0.29) is 12.1 Å². The van der Waals surface area contributed by atoms with Crippen molar-refractivity contribution in [1.29, 1.82) is 0 Å². The average Bonchev–Trinajstić information content (AvgIpc) is 2.67. The lowest BCUT2D eigenvalue weighted by Crippen LogP contribution is -2.42. The summed E-state index contributed by atoms with van der Waals surface area (Å²) in [6.45, 7) is 1.89. The van der Waals surface area contributed by atoms with Crippen LogP contribution in [-0.2, 0) is 0 Å². The molecule has 1 aromatic carbocycles. The normalized spacial score (nSPS) is 19.0. The highest BCUT2D eigenvalue weighted by Crippen LogP contribution is 2.24. The van der Waals surface area contributed by atoms with E-state index < -0.39 is 0 Å². The summed E-state index contributed by atoms with van der Waals surface area (Å²) in [6, 6.07) is 7.65. The summed E-state index contributed by atoms with van der Waals surface area (Å²) in [4.78, 5) is 23.1. The Kier molecular flexibility index (Phi) is 6.57. The molecule has 28 heavy (non-hydrogen) atoms. The van der Waals surface area contributed by atoms with E-state index >= 15 is 0 Å². The van der Waals surface area contributed by atoms with Crippen molar-refractivity contribution in [2.24, 2.45) is 0 Å². The Morgan fingerprint density at radius 1 is 1.14 bits per heavy atom. The first-order valence-electron chi connectivity index (χ1n) is 9.52. The molecule has 3 N–H and O–H groups in total. The van der Waals surface area contributed by atoms with Gasteiger partial charge in [0.1, 0.15) is 5.82 Å². The van der Waals surface area contributed by atoms with Crippen LogP contribution in [0, 0.1) is 6.92 Å². The Morgan fingerprint density at radius 3 is 2.57 bits per heavy atom. The van der Waals surface area contributed by atoms with Crippen LogP contribution in [0.1, 0.15) is 31.2 Å². The zero-order chi connectivity index (χ0) is 20.1. The molecule has 0 aliphatic heterocycles. The molecule has 1 fully saturated rings. The maximum Gasteiger partial charge on any atom is 0.319 e. The minimum atomic E-state index is -0.191. The first kappa shape index (κ1) is 20.2. The molecule has 1 saturated carbocycles. The van der Waals surface area contributed by atoms with Gasteiger partial charge in [-0.2, -0.15) is 4.98 Å². The van der Waals surface area contributed by atoms with Gasteiger partial charge in [0.15, 0.2) is 0 Å². The highest BCUT2D eigenvalue weighted by Gasteiger charge is 2.23. The van der Waals surface area contributed by atoms with E-state index in [1.165, 1.54) is 0 Å². The number of nitrogens with zero attached hydrogens (tertiary/aromatic N) is 3. The van der Waals surface area contributed by atoms with Gasteiger partial charge in [0.05, 0.1) is 0 Å². The lowest BCUT2D eigenvalue weighted by Gasteiger charge is -2.30. The Balaban J connectivity index is 1.47. The van der Waals surface area contributed by atoms with Gasteiger partial charge in [-0.05, 0) is 56.4 Å². The molecule has 3 rings (SSSR count). The molecule has 150 valence electrons. The summed E-state index contributed by atoms with van der Waals surface area (Å²) in [5, 5.41) is 10.0. The third kappa shape index (κ3) is 5.25. The number of urea groups is 1. The second kappa shape index (κ2) is 9.10. The van der Waals surface area contributed by atoms with Crippen molar-refractivity contribution < 1.29 is 4.79 Å². The van der Waals surface area contributed by atoms with Gasteiger partial charge in [-0.1, -0.05) is 17.7 Å². The van der Waals surface area contributed by atoms with Gasteiger partial charge in [0.25, 0.3) is 0 Å². The van der Waals surface area contributed by atoms with Crippen molar-refractivity contribution in [3.8, 4) is 0 Å². The summed E-state index contributed by atoms with van der Waals surface area (Å²) in [6.07, 6.45) is 5.49. The van der Waals surface area contributed by atoms with Crippen molar-refractivity contribution in [2.75, 3.05) is 29.6 Å². The molecule has 0 atom stereocenters. The number of benzene rings is 1. The smallest absolute Gasteiger partial charge is 0.319 e. The third-order valence-electron chi connectivity index (χ3n) is 5.01. The number of amides is 2. The van der Waals surface area contributed by atoms with E-state index in [4.69, 9.17) is 11.6 Å². The quantitative estimate of drug-likeness (QED) is 0.702. The molecular formula is C20H27ClN6O. The molecule has 0 spiro atoms. The number of halogens is 1. The number of nitrogens with one attached hydrogen (secondary N) is 3. The molecule has 0 radical (unpaired) electrons. The number of rotatable bonds is 5. The molecule has 2 aromatic rings. The monoisotopic (exact) mass is 402 g/mol. The van der Waals surface area contributed by atoms with E-state index in [1.807, 2.05) is 50.2 Å². The third-order valence-corrected chi connectivity index (χ3v) is 5.42. The second-order valence-corrected chi connectivity index (χ2v) is 7.74. The number of hydrogen-bond acceptors (Lipinski definition) is 5. The largest absolute Gasteiger partial charge is 0.363 e. The maximum atomic E-state index is 12.3. The number of carbonyl (C=O) groups excluding carboxylic acids is 1. The van der Waals surface area contributed by atoms with Crippen molar-refractivity contribution in [3.05, 3.63) is 41.0 Å². The van der Waals surface area contributed by atoms with Gasteiger partial charge in [-0.3, -0.25) is 0 Å². The zero-order valence-corrected chi connectivity index (χ0v) is 17.3. The molecule has 1 aromatic heterocycles. The van der Waals surface area contributed by atoms with Crippen LogP contribution in [0.2, 0.25) is 5.02 Å². The van der Waals surface area contributed by atoms with Gasteiger partial charge in [0.2, 0.25) is 5.95 Å². The predicted octanol–water partition coefficient (Wildman–Crippen LogP) is 4.05. The fourth-order valence-corrected chi connectivity index (χ4v) is 3.49. The number of aromatic nitrogens is 2. The topological polar surface area (TPSA) is 82.2 Å². The molecule has 7 nitrogen and oxygen atoms in total. The maximum absolute atomic E-state index is 12.3. The van der Waals surface area contributed by atoms with E-state index in [1.54, 1.807) is 6.20 Å². The van der Waals surface area contributed by atoms with Crippen LogP contribution in [0.4, 0.5) is 22.2 Å². The first-order chi connectivity index (χ1) is 13.4. The number of carbonyl (C=O) groups is 1. The Morgan fingerprint density at radius 2 is 1.86 bits per heavy atom. The van der Waals surface area contributed by atoms with Crippen molar-refractivity contribution in [3.63, 3.8) is 0 Å². The molecule has 0 bridgehead atoms. The minimum Gasteiger partial charge on any atom is -0.363 e. The van der Waals surface area contributed by atoms with Gasteiger partial charge >= 0.3 is 6.03 Å². The van der Waals surface area contributed by atoms with Crippen molar-refractivity contribution >= 4 is 35.1 Å². The van der Waals surface area contributed by atoms with Gasteiger partial charge < -0.3 is 20.9 Å².